The maximum atomic E-state index is 5.91. The third kappa shape index (κ3) is 3.31. The van der Waals surface area contributed by atoms with Crippen LogP contribution in [0.3, 0.4) is 0 Å². The molecule has 1 aromatic heterocycles. The second-order valence-electron chi connectivity index (χ2n) is 4.21. The molecule has 0 saturated carbocycles. The van der Waals surface area contributed by atoms with Crippen LogP contribution in [0.15, 0.2) is 48.7 Å². The van der Waals surface area contributed by atoms with E-state index in [1.807, 2.05) is 49.4 Å². The summed E-state index contributed by atoms with van der Waals surface area (Å²) in [4.78, 5) is 4.31. The average Bonchev–Trinajstić information content (AvgIpc) is 2.46. The molecule has 2 aromatic rings. The number of pyridine rings is 1. The van der Waals surface area contributed by atoms with Gasteiger partial charge in [-0.1, -0.05) is 37.3 Å². The number of hydrogen-bond donors (Lipinski definition) is 1. The fourth-order valence-electron chi connectivity index (χ4n) is 1.65. The Morgan fingerprint density at radius 1 is 1.17 bits per heavy atom. The Morgan fingerprint density at radius 2 is 1.94 bits per heavy atom. The summed E-state index contributed by atoms with van der Waals surface area (Å²) in [5, 5.41) is 0. The molecule has 1 unspecified atom stereocenters. The Morgan fingerprint density at radius 3 is 2.56 bits per heavy atom. The first-order chi connectivity index (χ1) is 8.79. The van der Waals surface area contributed by atoms with Crippen molar-refractivity contribution < 1.29 is 4.74 Å². The van der Waals surface area contributed by atoms with Gasteiger partial charge in [0.1, 0.15) is 12.4 Å². The van der Waals surface area contributed by atoms with Gasteiger partial charge in [-0.25, -0.2) is 0 Å². The van der Waals surface area contributed by atoms with Crippen molar-refractivity contribution in [2.45, 2.75) is 26.0 Å². The van der Waals surface area contributed by atoms with Crippen molar-refractivity contribution in [3.63, 3.8) is 0 Å². The van der Waals surface area contributed by atoms with Gasteiger partial charge in [0.25, 0.3) is 0 Å². The topological polar surface area (TPSA) is 48.1 Å². The van der Waals surface area contributed by atoms with Crippen LogP contribution in [0.25, 0.3) is 0 Å². The number of nitrogens with zero attached hydrogens (tertiary/aromatic N) is 1. The number of aromatic nitrogens is 1. The first-order valence-electron chi connectivity index (χ1n) is 6.18. The van der Waals surface area contributed by atoms with Gasteiger partial charge in [-0.05, 0) is 24.1 Å². The van der Waals surface area contributed by atoms with E-state index in [2.05, 4.69) is 4.98 Å². The number of hydrogen-bond acceptors (Lipinski definition) is 3. The van der Waals surface area contributed by atoms with Crippen LogP contribution in [0.1, 0.15) is 30.6 Å². The second kappa shape index (κ2) is 6.17. The molecule has 94 valence electrons. The Bertz CT molecular complexity index is 468. The van der Waals surface area contributed by atoms with Gasteiger partial charge in [-0.3, -0.25) is 4.98 Å². The summed E-state index contributed by atoms with van der Waals surface area (Å²) in [6.07, 6.45) is 2.62. The third-order valence-electron chi connectivity index (χ3n) is 2.83. The van der Waals surface area contributed by atoms with E-state index in [0.29, 0.717) is 6.61 Å². The van der Waals surface area contributed by atoms with Crippen LogP contribution in [-0.2, 0) is 6.61 Å². The average molecular weight is 242 g/mol. The standard InChI is InChI=1S/C15H18N2O/c1-2-14(16)15-9-8-13(10-17-15)18-11-12-6-4-3-5-7-12/h3-10,14H,2,11,16H2,1H3. The number of rotatable bonds is 5. The summed E-state index contributed by atoms with van der Waals surface area (Å²) < 4.78 is 5.66. The molecule has 0 aliphatic carbocycles. The van der Waals surface area contributed by atoms with Gasteiger partial charge < -0.3 is 10.5 Å². The molecule has 0 bridgehead atoms. The molecule has 0 radical (unpaired) electrons. The second-order valence-corrected chi connectivity index (χ2v) is 4.21. The molecule has 0 amide bonds. The third-order valence-corrected chi connectivity index (χ3v) is 2.83. The Hall–Kier alpha value is -1.87. The summed E-state index contributed by atoms with van der Waals surface area (Å²) in [6.45, 7) is 2.61. The zero-order chi connectivity index (χ0) is 12.8. The van der Waals surface area contributed by atoms with Gasteiger partial charge >= 0.3 is 0 Å². The number of ether oxygens (including phenoxy) is 1. The molecule has 1 heterocycles. The lowest BCUT2D eigenvalue weighted by atomic mass is 10.1. The first-order valence-corrected chi connectivity index (χ1v) is 6.18. The minimum absolute atomic E-state index is 0.00757. The van der Waals surface area contributed by atoms with Gasteiger partial charge in [0.15, 0.2) is 0 Å². The number of nitrogens with two attached hydrogens (primary N) is 1. The minimum atomic E-state index is 0.00757. The molecule has 0 aliphatic rings. The molecule has 0 saturated heterocycles. The SMILES string of the molecule is CCC(N)c1ccc(OCc2ccccc2)cn1. The Balaban J connectivity index is 1.94. The van der Waals surface area contributed by atoms with Crippen molar-refractivity contribution in [2.24, 2.45) is 5.73 Å². The summed E-state index contributed by atoms with van der Waals surface area (Å²) >= 11 is 0. The monoisotopic (exact) mass is 242 g/mol. The Kier molecular flexibility index (Phi) is 4.31. The van der Waals surface area contributed by atoms with Crippen LogP contribution in [-0.4, -0.2) is 4.98 Å². The van der Waals surface area contributed by atoms with Crippen LogP contribution in [0.2, 0.25) is 0 Å². The molecule has 2 rings (SSSR count). The molecule has 3 heteroatoms. The summed E-state index contributed by atoms with van der Waals surface area (Å²) in [5.41, 5.74) is 7.96. The van der Waals surface area contributed by atoms with Gasteiger partial charge in [0.2, 0.25) is 0 Å². The highest BCUT2D eigenvalue weighted by Crippen LogP contribution is 2.16. The van der Waals surface area contributed by atoms with Crippen molar-refractivity contribution in [3.8, 4) is 5.75 Å². The maximum Gasteiger partial charge on any atom is 0.138 e. The van der Waals surface area contributed by atoms with E-state index in [1.54, 1.807) is 6.20 Å². The largest absolute Gasteiger partial charge is 0.487 e. The lowest BCUT2D eigenvalue weighted by Gasteiger charge is -2.09. The van der Waals surface area contributed by atoms with E-state index in [1.165, 1.54) is 0 Å². The molecule has 0 spiro atoms. The van der Waals surface area contributed by atoms with Crippen molar-refractivity contribution in [2.75, 3.05) is 0 Å². The van der Waals surface area contributed by atoms with Crippen LogP contribution in [0.4, 0.5) is 0 Å². The highest BCUT2D eigenvalue weighted by molar-refractivity contribution is 5.22. The van der Waals surface area contributed by atoms with Crippen LogP contribution < -0.4 is 10.5 Å². The van der Waals surface area contributed by atoms with E-state index >= 15 is 0 Å². The van der Waals surface area contributed by atoms with E-state index in [4.69, 9.17) is 10.5 Å². The molecule has 0 fully saturated rings. The normalized spacial score (nSPS) is 12.1. The summed E-state index contributed by atoms with van der Waals surface area (Å²) in [5.74, 6) is 0.769. The van der Waals surface area contributed by atoms with E-state index < -0.39 is 0 Å². The van der Waals surface area contributed by atoms with Crippen molar-refractivity contribution in [1.82, 2.24) is 4.98 Å². The zero-order valence-corrected chi connectivity index (χ0v) is 10.5. The predicted molar refractivity (Wildman–Crippen MR) is 72.2 cm³/mol. The van der Waals surface area contributed by atoms with Gasteiger partial charge in [0, 0.05) is 6.04 Å². The summed E-state index contributed by atoms with van der Waals surface area (Å²) in [7, 11) is 0. The smallest absolute Gasteiger partial charge is 0.138 e. The van der Waals surface area contributed by atoms with Crippen LogP contribution in [0.5, 0.6) is 5.75 Å². The van der Waals surface area contributed by atoms with Gasteiger partial charge in [-0.15, -0.1) is 0 Å². The van der Waals surface area contributed by atoms with Gasteiger partial charge in [0.05, 0.1) is 11.9 Å². The number of benzene rings is 1. The summed E-state index contributed by atoms with van der Waals surface area (Å²) in [6, 6.07) is 13.9. The van der Waals surface area contributed by atoms with Crippen LogP contribution >= 0.6 is 0 Å². The molecule has 2 N–H and O–H groups in total. The Labute approximate surface area is 108 Å². The van der Waals surface area contributed by atoms with E-state index in [9.17, 15) is 0 Å². The molecule has 18 heavy (non-hydrogen) atoms. The molecular formula is C15H18N2O. The highest BCUT2D eigenvalue weighted by atomic mass is 16.5. The van der Waals surface area contributed by atoms with E-state index in [-0.39, 0.29) is 6.04 Å². The molecule has 1 atom stereocenters. The minimum Gasteiger partial charge on any atom is -0.487 e. The van der Waals surface area contributed by atoms with Gasteiger partial charge in [-0.2, -0.15) is 0 Å². The van der Waals surface area contributed by atoms with E-state index in [0.717, 1.165) is 23.4 Å². The van der Waals surface area contributed by atoms with Crippen molar-refractivity contribution >= 4 is 0 Å². The van der Waals surface area contributed by atoms with Crippen LogP contribution in [0, 0.1) is 0 Å². The zero-order valence-electron chi connectivity index (χ0n) is 10.5. The molecule has 3 nitrogen and oxygen atoms in total. The lowest BCUT2D eigenvalue weighted by Crippen LogP contribution is -2.10. The maximum absolute atomic E-state index is 5.91. The van der Waals surface area contributed by atoms with Crippen molar-refractivity contribution in [1.29, 1.82) is 0 Å². The quantitative estimate of drug-likeness (QED) is 0.876. The predicted octanol–water partition coefficient (Wildman–Crippen LogP) is 3.07. The molecule has 1 aromatic carbocycles. The molecule has 0 aliphatic heterocycles. The van der Waals surface area contributed by atoms with Crippen molar-refractivity contribution in [3.05, 3.63) is 59.9 Å². The fourth-order valence-corrected chi connectivity index (χ4v) is 1.65. The fraction of sp³-hybridized carbons (Fsp3) is 0.267. The lowest BCUT2D eigenvalue weighted by molar-refractivity contribution is 0.304. The first kappa shape index (κ1) is 12.6. The highest BCUT2D eigenvalue weighted by Gasteiger charge is 2.04. The molecular weight excluding hydrogens is 224 g/mol.